The van der Waals surface area contributed by atoms with Gasteiger partial charge in [-0.3, -0.25) is 0 Å². The third-order valence-corrected chi connectivity index (χ3v) is 3.96. The Bertz CT molecular complexity index is 461. The Hall–Kier alpha value is -1.47. The Morgan fingerprint density at radius 2 is 1.91 bits per heavy atom. The Morgan fingerprint density at radius 3 is 2.45 bits per heavy atom. The van der Waals surface area contributed by atoms with E-state index >= 15 is 0 Å². The third-order valence-electron chi connectivity index (χ3n) is 3.96. The maximum Gasteiger partial charge on any atom is 0.229 e. The van der Waals surface area contributed by atoms with Gasteiger partial charge in [0.2, 0.25) is 11.9 Å². The molecule has 7 heteroatoms. The number of nitrogens with zero attached hydrogens (tertiary/aromatic N) is 4. The Morgan fingerprint density at radius 1 is 1.23 bits per heavy atom. The number of rotatable bonds is 6. The van der Waals surface area contributed by atoms with Gasteiger partial charge in [0.15, 0.2) is 0 Å². The van der Waals surface area contributed by atoms with Gasteiger partial charge in [-0.15, -0.1) is 0 Å². The third kappa shape index (κ3) is 4.04. The zero-order valence-electron chi connectivity index (χ0n) is 14.2. The number of hydrogen-bond acceptors (Lipinski definition) is 7. The maximum atomic E-state index is 5.73. The molecular weight excluding hydrogens is 282 g/mol. The minimum Gasteiger partial charge on any atom is -0.381 e. The molecule has 1 N–H and O–H groups in total. The predicted octanol–water partition coefficient (Wildman–Crippen LogP) is 1.67. The highest BCUT2D eigenvalue weighted by Gasteiger charge is 2.32. The van der Waals surface area contributed by atoms with Crippen molar-refractivity contribution in [1.82, 2.24) is 15.0 Å². The molecule has 0 saturated carbocycles. The van der Waals surface area contributed by atoms with Crippen molar-refractivity contribution in [3.8, 4) is 0 Å². The number of aromatic nitrogens is 3. The number of hydrogen-bond donors (Lipinski definition) is 1. The standard InChI is InChI=1S/C15H27N5O2/c1-11(2)12-17-13(19-14(18-12)20(3)4)16-10-15(21-5)6-8-22-9-7-15/h11H,6-10H2,1-5H3,(H,16,17,18,19). The fraction of sp³-hybridized carbons (Fsp3) is 0.800. The Kier molecular flexibility index (Phi) is 5.52. The first-order valence-corrected chi connectivity index (χ1v) is 7.76. The average molecular weight is 309 g/mol. The predicted molar refractivity (Wildman–Crippen MR) is 86.5 cm³/mol. The molecule has 7 nitrogen and oxygen atoms in total. The van der Waals surface area contributed by atoms with Crippen LogP contribution in [0.4, 0.5) is 11.9 Å². The molecule has 2 rings (SSSR count). The van der Waals surface area contributed by atoms with Gasteiger partial charge in [0, 0.05) is 59.7 Å². The average Bonchev–Trinajstić information content (AvgIpc) is 2.53. The van der Waals surface area contributed by atoms with E-state index in [9.17, 15) is 0 Å². The molecule has 0 amide bonds. The van der Waals surface area contributed by atoms with E-state index in [4.69, 9.17) is 9.47 Å². The summed E-state index contributed by atoms with van der Waals surface area (Å²) in [4.78, 5) is 15.4. The number of anilines is 2. The van der Waals surface area contributed by atoms with Crippen molar-refractivity contribution >= 4 is 11.9 Å². The van der Waals surface area contributed by atoms with Crippen LogP contribution in [0.25, 0.3) is 0 Å². The fourth-order valence-electron chi connectivity index (χ4n) is 2.35. The molecule has 0 aromatic carbocycles. The first-order chi connectivity index (χ1) is 10.5. The monoisotopic (exact) mass is 309 g/mol. The van der Waals surface area contributed by atoms with Gasteiger partial charge in [-0.2, -0.15) is 15.0 Å². The van der Waals surface area contributed by atoms with Crippen molar-refractivity contribution in [1.29, 1.82) is 0 Å². The summed E-state index contributed by atoms with van der Waals surface area (Å²) in [6, 6.07) is 0. The molecular formula is C15H27N5O2. The van der Waals surface area contributed by atoms with Gasteiger partial charge < -0.3 is 19.7 Å². The van der Waals surface area contributed by atoms with Gasteiger partial charge in [0.05, 0.1) is 5.60 Å². The minimum atomic E-state index is -0.207. The smallest absolute Gasteiger partial charge is 0.229 e. The molecule has 1 aliphatic heterocycles. The van der Waals surface area contributed by atoms with Crippen molar-refractivity contribution < 1.29 is 9.47 Å². The summed E-state index contributed by atoms with van der Waals surface area (Å²) in [6.45, 7) is 6.28. The van der Waals surface area contributed by atoms with Crippen LogP contribution in [0.15, 0.2) is 0 Å². The number of nitrogens with one attached hydrogen (secondary N) is 1. The van der Waals surface area contributed by atoms with Crippen LogP contribution in [0.5, 0.6) is 0 Å². The summed E-state index contributed by atoms with van der Waals surface area (Å²) < 4.78 is 11.2. The Labute approximate surface area is 132 Å². The molecule has 0 spiro atoms. The van der Waals surface area contributed by atoms with E-state index in [1.54, 1.807) is 7.11 Å². The van der Waals surface area contributed by atoms with Gasteiger partial charge in [-0.1, -0.05) is 13.8 Å². The summed E-state index contributed by atoms with van der Waals surface area (Å²) in [6.07, 6.45) is 1.75. The molecule has 1 fully saturated rings. The van der Waals surface area contributed by atoms with E-state index in [1.165, 1.54) is 0 Å². The lowest BCUT2D eigenvalue weighted by Crippen LogP contribution is -2.44. The van der Waals surface area contributed by atoms with Crippen LogP contribution in [0.3, 0.4) is 0 Å². The van der Waals surface area contributed by atoms with Crippen LogP contribution < -0.4 is 10.2 Å². The summed E-state index contributed by atoms with van der Waals surface area (Å²) in [5.74, 6) is 2.31. The van der Waals surface area contributed by atoms with E-state index in [-0.39, 0.29) is 11.5 Å². The topological polar surface area (TPSA) is 72.4 Å². The summed E-state index contributed by atoms with van der Waals surface area (Å²) in [5, 5.41) is 3.33. The first kappa shape index (κ1) is 16.9. The highest BCUT2D eigenvalue weighted by atomic mass is 16.5. The van der Waals surface area contributed by atoms with Crippen molar-refractivity contribution in [2.24, 2.45) is 0 Å². The molecule has 0 aliphatic carbocycles. The lowest BCUT2D eigenvalue weighted by atomic mass is 9.94. The van der Waals surface area contributed by atoms with Crippen LogP contribution in [0.1, 0.15) is 38.4 Å². The normalized spacial score (nSPS) is 17.5. The second-order valence-corrected chi connectivity index (χ2v) is 6.22. The van der Waals surface area contributed by atoms with Gasteiger partial charge in [0.25, 0.3) is 0 Å². The van der Waals surface area contributed by atoms with Gasteiger partial charge in [-0.25, -0.2) is 0 Å². The quantitative estimate of drug-likeness (QED) is 0.857. The SMILES string of the molecule is COC1(CNc2nc(C(C)C)nc(N(C)C)n2)CCOCC1. The molecule has 0 atom stereocenters. The maximum absolute atomic E-state index is 5.73. The van der Waals surface area contributed by atoms with Crippen molar-refractivity contribution in [2.45, 2.75) is 38.2 Å². The van der Waals surface area contributed by atoms with Crippen molar-refractivity contribution in [3.05, 3.63) is 5.82 Å². The fourth-order valence-corrected chi connectivity index (χ4v) is 2.35. The second kappa shape index (κ2) is 7.19. The van der Waals surface area contributed by atoms with Crippen LogP contribution in [0.2, 0.25) is 0 Å². The minimum absolute atomic E-state index is 0.207. The van der Waals surface area contributed by atoms with Crippen LogP contribution in [-0.4, -0.2) is 61.5 Å². The molecule has 1 aromatic rings. The largest absolute Gasteiger partial charge is 0.381 e. The number of ether oxygens (including phenoxy) is 2. The molecule has 2 heterocycles. The molecule has 1 saturated heterocycles. The van der Waals surface area contributed by atoms with E-state index in [0.29, 0.717) is 18.4 Å². The lowest BCUT2D eigenvalue weighted by molar-refractivity contribution is -0.0807. The molecule has 0 bridgehead atoms. The van der Waals surface area contributed by atoms with E-state index in [2.05, 4.69) is 34.1 Å². The van der Waals surface area contributed by atoms with Crippen LogP contribution >= 0.6 is 0 Å². The summed E-state index contributed by atoms with van der Waals surface area (Å²) in [5.41, 5.74) is -0.207. The molecule has 0 unspecified atom stereocenters. The summed E-state index contributed by atoms with van der Waals surface area (Å²) in [7, 11) is 5.61. The molecule has 22 heavy (non-hydrogen) atoms. The zero-order chi connectivity index (χ0) is 16.2. The van der Waals surface area contributed by atoms with Gasteiger partial charge >= 0.3 is 0 Å². The number of methoxy groups -OCH3 is 1. The van der Waals surface area contributed by atoms with Gasteiger partial charge in [-0.05, 0) is 0 Å². The molecule has 1 aliphatic rings. The van der Waals surface area contributed by atoms with Crippen molar-refractivity contribution in [2.75, 3.05) is 51.2 Å². The van der Waals surface area contributed by atoms with Crippen LogP contribution in [-0.2, 0) is 9.47 Å². The second-order valence-electron chi connectivity index (χ2n) is 6.22. The molecule has 1 aromatic heterocycles. The molecule has 124 valence electrons. The highest BCUT2D eigenvalue weighted by molar-refractivity contribution is 5.36. The van der Waals surface area contributed by atoms with E-state index in [1.807, 2.05) is 19.0 Å². The van der Waals surface area contributed by atoms with Crippen molar-refractivity contribution in [3.63, 3.8) is 0 Å². The first-order valence-electron chi connectivity index (χ1n) is 7.76. The lowest BCUT2D eigenvalue weighted by Gasteiger charge is -2.36. The van der Waals surface area contributed by atoms with Gasteiger partial charge in [0.1, 0.15) is 5.82 Å². The zero-order valence-corrected chi connectivity index (χ0v) is 14.2. The highest BCUT2D eigenvalue weighted by Crippen LogP contribution is 2.25. The molecule has 0 radical (unpaired) electrons. The van der Waals surface area contributed by atoms with Crippen LogP contribution in [0, 0.1) is 0 Å². The van der Waals surface area contributed by atoms with E-state index < -0.39 is 0 Å². The van der Waals surface area contributed by atoms with E-state index in [0.717, 1.165) is 31.9 Å². The Balaban J connectivity index is 2.14. The summed E-state index contributed by atoms with van der Waals surface area (Å²) >= 11 is 0.